The Labute approximate surface area is 80.1 Å². The van der Waals surface area contributed by atoms with Crippen LogP contribution in [0.3, 0.4) is 0 Å². The van der Waals surface area contributed by atoms with E-state index in [1.165, 1.54) is 25.7 Å². The zero-order valence-corrected chi connectivity index (χ0v) is 8.38. The second-order valence-electron chi connectivity index (χ2n) is 4.75. The topological polar surface area (TPSA) is 29.1 Å². The number of nitrogens with one attached hydrogen (secondary N) is 1. The zero-order valence-electron chi connectivity index (χ0n) is 8.38. The monoisotopic (exact) mass is 181 g/mol. The summed E-state index contributed by atoms with van der Waals surface area (Å²) in [5.74, 6) is 1.40. The Kier molecular flexibility index (Phi) is 2.56. The summed E-state index contributed by atoms with van der Waals surface area (Å²) < 4.78 is 0. The van der Waals surface area contributed by atoms with Crippen molar-refractivity contribution in [2.75, 3.05) is 0 Å². The Bertz CT molecular complexity index is 198. The Hall–Kier alpha value is -0.530. The Morgan fingerprint density at radius 2 is 2.00 bits per heavy atom. The van der Waals surface area contributed by atoms with Gasteiger partial charge in [0.25, 0.3) is 0 Å². The van der Waals surface area contributed by atoms with Gasteiger partial charge in [0.2, 0.25) is 5.91 Å². The third-order valence-electron chi connectivity index (χ3n) is 3.23. The molecule has 1 amide bonds. The van der Waals surface area contributed by atoms with E-state index in [1.807, 2.05) is 0 Å². The number of carbonyl (C=O) groups is 1. The van der Waals surface area contributed by atoms with Crippen LogP contribution in [0.25, 0.3) is 0 Å². The summed E-state index contributed by atoms with van der Waals surface area (Å²) in [6, 6.07) is 0.532. The van der Waals surface area contributed by atoms with Crippen molar-refractivity contribution in [3.63, 3.8) is 0 Å². The molecule has 0 heterocycles. The molecule has 13 heavy (non-hydrogen) atoms. The first-order chi connectivity index (χ1) is 6.25. The maximum Gasteiger partial charge on any atom is 0.223 e. The molecule has 2 saturated carbocycles. The van der Waals surface area contributed by atoms with Crippen molar-refractivity contribution in [2.45, 2.75) is 51.5 Å². The van der Waals surface area contributed by atoms with Gasteiger partial charge in [-0.05, 0) is 31.6 Å². The molecular formula is C11H19NO. The van der Waals surface area contributed by atoms with Crippen LogP contribution in [0.5, 0.6) is 0 Å². The van der Waals surface area contributed by atoms with Crippen molar-refractivity contribution < 1.29 is 4.79 Å². The Balaban J connectivity index is 1.80. The molecule has 0 unspecified atom stereocenters. The molecular weight excluding hydrogens is 162 g/mol. The maximum atomic E-state index is 11.7. The van der Waals surface area contributed by atoms with Crippen molar-refractivity contribution in [2.24, 2.45) is 11.8 Å². The lowest BCUT2D eigenvalue weighted by molar-refractivity contribution is -0.126. The molecule has 74 valence electrons. The van der Waals surface area contributed by atoms with E-state index in [0.717, 1.165) is 18.8 Å². The minimum atomic E-state index is 0.323. The number of rotatable bonds is 2. The molecule has 0 spiro atoms. The maximum absolute atomic E-state index is 11.7. The molecule has 2 atom stereocenters. The highest BCUT2D eigenvalue weighted by atomic mass is 16.2. The van der Waals surface area contributed by atoms with Gasteiger partial charge in [-0.25, -0.2) is 0 Å². The molecule has 0 saturated heterocycles. The van der Waals surface area contributed by atoms with Gasteiger partial charge in [0, 0.05) is 12.0 Å². The molecule has 0 aromatic rings. The Morgan fingerprint density at radius 3 is 2.62 bits per heavy atom. The zero-order chi connectivity index (χ0) is 9.26. The van der Waals surface area contributed by atoms with Gasteiger partial charge in [-0.2, -0.15) is 0 Å². The van der Waals surface area contributed by atoms with E-state index >= 15 is 0 Å². The van der Waals surface area contributed by atoms with Crippen LogP contribution in [0, 0.1) is 11.8 Å². The summed E-state index contributed by atoms with van der Waals surface area (Å²) in [5.41, 5.74) is 0. The standard InChI is InChI=1S/C11H19NO/c1-8-3-2-4-9(7-8)11(13)12-10-5-6-10/h8-10H,2-7H2,1H3,(H,12,13)/t8-,9+/m0/s1. The van der Waals surface area contributed by atoms with E-state index < -0.39 is 0 Å². The highest BCUT2D eigenvalue weighted by Gasteiger charge is 2.29. The lowest BCUT2D eigenvalue weighted by Gasteiger charge is -2.25. The third-order valence-corrected chi connectivity index (χ3v) is 3.23. The smallest absolute Gasteiger partial charge is 0.223 e. The summed E-state index contributed by atoms with van der Waals surface area (Å²) in [5, 5.41) is 3.11. The van der Waals surface area contributed by atoms with Crippen LogP contribution in [-0.4, -0.2) is 11.9 Å². The van der Waals surface area contributed by atoms with Crippen LogP contribution in [0.4, 0.5) is 0 Å². The summed E-state index contributed by atoms with van der Waals surface area (Å²) in [6.07, 6.45) is 7.18. The van der Waals surface area contributed by atoms with E-state index in [-0.39, 0.29) is 0 Å². The van der Waals surface area contributed by atoms with Gasteiger partial charge in [-0.15, -0.1) is 0 Å². The van der Waals surface area contributed by atoms with Crippen molar-refractivity contribution in [3.8, 4) is 0 Å². The van der Waals surface area contributed by atoms with Gasteiger partial charge in [-0.3, -0.25) is 4.79 Å². The average molecular weight is 181 g/mol. The molecule has 2 fully saturated rings. The second-order valence-corrected chi connectivity index (χ2v) is 4.75. The normalized spacial score (nSPS) is 34.2. The fourth-order valence-corrected chi connectivity index (χ4v) is 2.22. The molecule has 2 heteroatoms. The molecule has 0 radical (unpaired) electrons. The molecule has 2 rings (SSSR count). The summed E-state index contributed by atoms with van der Waals surface area (Å²) >= 11 is 0. The predicted octanol–water partition coefficient (Wildman–Crippen LogP) is 2.09. The summed E-state index contributed by atoms with van der Waals surface area (Å²) in [4.78, 5) is 11.7. The second kappa shape index (κ2) is 3.69. The van der Waals surface area contributed by atoms with Gasteiger partial charge < -0.3 is 5.32 Å². The van der Waals surface area contributed by atoms with Gasteiger partial charge in [0.1, 0.15) is 0 Å². The fraction of sp³-hybridized carbons (Fsp3) is 0.909. The molecule has 2 aliphatic rings. The van der Waals surface area contributed by atoms with Crippen LogP contribution in [0.1, 0.15) is 45.4 Å². The quantitative estimate of drug-likeness (QED) is 0.694. The number of amides is 1. The minimum Gasteiger partial charge on any atom is -0.353 e. The first-order valence-electron chi connectivity index (χ1n) is 5.56. The van der Waals surface area contributed by atoms with E-state index in [9.17, 15) is 4.79 Å². The Morgan fingerprint density at radius 1 is 1.23 bits per heavy atom. The van der Waals surface area contributed by atoms with Gasteiger partial charge in [-0.1, -0.05) is 19.8 Å². The van der Waals surface area contributed by atoms with Crippen LogP contribution in [0.2, 0.25) is 0 Å². The minimum absolute atomic E-state index is 0.323. The van der Waals surface area contributed by atoms with Gasteiger partial charge in [0.05, 0.1) is 0 Å². The van der Waals surface area contributed by atoms with Gasteiger partial charge in [0.15, 0.2) is 0 Å². The van der Waals surface area contributed by atoms with Crippen molar-refractivity contribution >= 4 is 5.91 Å². The number of carbonyl (C=O) groups excluding carboxylic acids is 1. The SMILES string of the molecule is C[C@H]1CCC[C@@H](C(=O)NC2CC2)C1. The van der Waals surface area contributed by atoms with E-state index in [0.29, 0.717) is 17.9 Å². The lowest BCUT2D eigenvalue weighted by atomic mass is 9.82. The largest absolute Gasteiger partial charge is 0.353 e. The van der Waals surface area contributed by atoms with Crippen LogP contribution < -0.4 is 5.32 Å². The molecule has 0 bridgehead atoms. The average Bonchev–Trinajstić information content (AvgIpc) is 2.88. The fourth-order valence-electron chi connectivity index (χ4n) is 2.22. The molecule has 0 aliphatic heterocycles. The highest BCUT2D eigenvalue weighted by Crippen LogP contribution is 2.29. The predicted molar refractivity (Wildman–Crippen MR) is 52.3 cm³/mol. The van der Waals surface area contributed by atoms with Crippen molar-refractivity contribution in [1.29, 1.82) is 0 Å². The molecule has 0 aromatic carbocycles. The van der Waals surface area contributed by atoms with Crippen LogP contribution in [0.15, 0.2) is 0 Å². The van der Waals surface area contributed by atoms with E-state index in [2.05, 4.69) is 12.2 Å². The first kappa shape index (κ1) is 9.04. The molecule has 2 aliphatic carbocycles. The lowest BCUT2D eigenvalue weighted by Crippen LogP contribution is -2.34. The van der Waals surface area contributed by atoms with Crippen LogP contribution in [-0.2, 0) is 4.79 Å². The summed E-state index contributed by atoms with van der Waals surface area (Å²) in [7, 11) is 0. The van der Waals surface area contributed by atoms with Crippen LogP contribution >= 0.6 is 0 Å². The summed E-state index contributed by atoms with van der Waals surface area (Å²) in [6.45, 7) is 2.26. The number of hydrogen-bond donors (Lipinski definition) is 1. The van der Waals surface area contributed by atoms with Crippen molar-refractivity contribution in [1.82, 2.24) is 5.32 Å². The van der Waals surface area contributed by atoms with Crippen molar-refractivity contribution in [3.05, 3.63) is 0 Å². The van der Waals surface area contributed by atoms with E-state index in [1.54, 1.807) is 0 Å². The number of hydrogen-bond acceptors (Lipinski definition) is 1. The first-order valence-corrected chi connectivity index (χ1v) is 5.56. The van der Waals surface area contributed by atoms with E-state index in [4.69, 9.17) is 0 Å². The molecule has 2 nitrogen and oxygen atoms in total. The molecule has 1 N–H and O–H groups in total. The third kappa shape index (κ3) is 2.45. The molecule has 0 aromatic heterocycles. The highest BCUT2D eigenvalue weighted by molar-refractivity contribution is 5.79. The van der Waals surface area contributed by atoms with Gasteiger partial charge >= 0.3 is 0 Å².